The number of nitriles is 1. The van der Waals surface area contributed by atoms with Crippen molar-refractivity contribution in [1.82, 2.24) is 14.9 Å². The van der Waals surface area contributed by atoms with Crippen LogP contribution in [0.2, 0.25) is 5.02 Å². The quantitative estimate of drug-likeness (QED) is 0.857. The van der Waals surface area contributed by atoms with Gasteiger partial charge in [-0.2, -0.15) is 5.26 Å². The Morgan fingerprint density at radius 2 is 2.10 bits per heavy atom. The van der Waals surface area contributed by atoms with Gasteiger partial charge in [-0.25, -0.2) is 9.97 Å². The predicted octanol–water partition coefficient (Wildman–Crippen LogP) is 2.52. The second-order valence-corrected chi connectivity index (χ2v) is 5.19. The molecule has 1 aromatic carbocycles. The van der Waals surface area contributed by atoms with Crippen LogP contribution in [0.3, 0.4) is 0 Å². The molecule has 0 bridgehead atoms. The second kappa shape index (κ2) is 6.51. The summed E-state index contributed by atoms with van der Waals surface area (Å²) >= 11 is 5.92. The van der Waals surface area contributed by atoms with Crippen molar-refractivity contribution < 1.29 is 0 Å². The van der Waals surface area contributed by atoms with E-state index in [0.717, 1.165) is 25.0 Å². The van der Waals surface area contributed by atoms with Crippen LogP contribution in [-0.4, -0.2) is 42.1 Å². The SMILES string of the molecule is CN(C)CCCNc1nc2ccc(Cl)cc2nc1C#N. The minimum atomic E-state index is 0.296. The summed E-state index contributed by atoms with van der Waals surface area (Å²) in [4.78, 5) is 10.8. The Labute approximate surface area is 123 Å². The first-order chi connectivity index (χ1) is 9.60. The number of hydrogen-bond donors (Lipinski definition) is 1. The van der Waals surface area contributed by atoms with Gasteiger partial charge < -0.3 is 10.2 Å². The van der Waals surface area contributed by atoms with Crippen LogP contribution in [0.4, 0.5) is 5.82 Å². The zero-order valence-corrected chi connectivity index (χ0v) is 12.3. The molecule has 104 valence electrons. The van der Waals surface area contributed by atoms with Crippen LogP contribution >= 0.6 is 11.6 Å². The minimum absolute atomic E-state index is 0.296. The van der Waals surface area contributed by atoms with E-state index in [-0.39, 0.29) is 0 Å². The molecule has 0 saturated carbocycles. The zero-order chi connectivity index (χ0) is 14.5. The standard InChI is InChI=1S/C14H16ClN5/c1-20(2)7-3-6-17-14-13(9-16)18-12-8-10(15)4-5-11(12)19-14/h4-5,8H,3,6-7H2,1-2H3,(H,17,19). The number of benzene rings is 1. The van der Waals surface area contributed by atoms with Gasteiger partial charge in [-0.3, -0.25) is 0 Å². The fourth-order valence-corrected chi connectivity index (χ4v) is 2.00. The predicted molar refractivity (Wildman–Crippen MR) is 80.9 cm³/mol. The summed E-state index contributed by atoms with van der Waals surface area (Å²) in [7, 11) is 4.06. The van der Waals surface area contributed by atoms with E-state index >= 15 is 0 Å². The number of fused-ring (bicyclic) bond motifs is 1. The van der Waals surface area contributed by atoms with Gasteiger partial charge >= 0.3 is 0 Å². The van der Waals surface area contributed by atoms with Crippen molar-refractivity contribution in [3.05, 3.63) is 28.9 Å². The Morgan fingerprint density at radius 3 is 2.80 bits per heavy atom. The van der Waals surface area contributed by atoms with E-state index in [9.17, 15) is 0 Å². The van der Waals surface area contributed by atoms with Gasteiger partial charge in [0.25, 0.3) is 0 Å². The smallest absolute Gasteiger partial charge is 0.183 e. The summed E-state index contributed by atoms with van der Waals surface area (Å²) in [5.41, 5.74) is 1.65. The van der Waals surface area contributed by atoms with E-state index < -0.39 is 0 Å². The monoisotopic (exact) mass is 289 g/mol. The molecule has 0 atom stereocenters. The van der Waals surface area contributed by atoms with Crippen LogP contribution in [0, 0.1) is 11.3 Å². The first kappa shape index (κ1) is 14.5. The lowest BCUT2D eigenvalue weighted by atomic mass is 10.3. The van der Waals surface area contributed by atoms with Gasteiger partial charge in [-0.05, 0) is 45.3 Å². The molecule has 2 rings (SSSR count). The molecule has 6 heteroatoms. The number of anilines is 1. The van der Waals surface area contributed by atoms with Crippen LogP contribution in [0.5, 0.6) is 0 Å². The molecule has 1 N–H and O–H groups in total. The Balaban J connectivity index is 2.19. The highest BCUT2D eigenvalue weighted by Gasteiger charge is 2.08. The molecule has 0 fully saturated rings. The molecule has 0 aliphatic carbocycles. The molecule has 0 spiro atoms. The average Bonchev–Trinajstić information content (AvgIpc) is 2.42. The third kappa shape index (κ3) is 3.56. The van der Waals surface area contributed by atoms with E-state index in [4.69, 9.17) is 16.9 Å². The Hall–Kier alpha value is -1.90. The summed E-state index contributed by atoms with van der Waals surface area (Å²) in [6.07, 6.45) is 0.970. The molecule has 0 aliphatic heterocycles. The number of halogens is 1. The van der Waals surface area contributed by atoms with Crippen LogP contribution < -0.4 is 5.32 Å². The van der Waals surface area contributed by atoms with Crippen molar-refractivity contribution in [3.8, 4) is 6.07 Å². The van der Waals surface area contributed by atoms with Crippen LogP contribution in [-0.2, 0) is 0 Å². The lowest BCUT2D eigenvalue weighted by Gasteiger charge is -2.11. The highest BCUT2D eigenvalue weighted by atomic mass is 35.5. The van der Waals surface area contributed by atoms with Crippen LogP contribution in [0.1, 0.15) is 12.1 Å². The fourth-order valence-electron chi connectivity index (χ4n) is 1.83. The summed E-state index contributed by atoms with van der Waals surface area (Å²) in [5, 5.41) is 12.9. The second-order valence-electron chi connectivity index (χ2n) is 4.75. The third-order valence-electron chi connectivity index (χ3n) is 2.81. The molecule has 1 aromatic heterocycles. The van der Waals surface area contributed by atoms with E-state index in [1.807, 2.05) is 14.1 Å². The molecule has 0 unspecified atom stereocenters. The van der Waals surface area contributed by atoms with Gasteiger partial charge in [-0.15, -0.1) is 0 Å². The Morgan fingerprint density at radius 1 is 1.30 bits per heavy atom. The fraction of sp³-hybridized carbons (Fsp3) is 0.357. The van der Waals surface area contributed by atoms with Gasteiger partial charge in [0.05, 0.1) is 11.0 Å². The van der Waals surface area contributed by atoms with E-state index in [0.29, 0.717) is 22.1 Å². The largest absolute Gasteiger partial charge is 0.368 e. The normalized spacial score (nSPS) is 10.8. The van der Waals surface area contributed by atoms with Crippen molar-refractivity contribution in [1.29, 1.82) is 5.26 Å². The van der Waals surface area contributed by atoms with Crippen molar-refractivity contribution in [3.63, 3.8) is 0 Å². The van der Waals surface area contributed by atoms with Gasteiger partial charge in [-0.1, -0.05) is 11.6 Å². The maximum Gasteiger partial charge on any atom is 0.183 e. The topological polar surface area (TPSA) is 64.8 Å². The van der Waals surface area contributed by atoms with Gasteiger partial charge in [0.1, 0.15) is 6.07 Å². The van der Waals surface area contributed by atoms with Crippen molar-refractivity contribution >= 4 is 28.5 Å². The molecule has 0 aliphatic rings. The number of rotatable bonds is 5. The maximum absolute atomic E-state index is 9.16. The van der Waals surface area contributed by atoms with Gasteiger partial charge in [0, 0.05) is 11.6 Å². The van der Waals surface area contributed by atoms with Crippen LogP contribution in [0.25, 0.3) is 11.0 Å². The molecule has 2 aromatic rings. The van der Waals surface area contributed by atoms with E-state index in [1.54, 1.807) is 18.2 Å². The highest BCUT2D eigenvalue weighted by molar-refractivity contribution is 6.31. The number of nitrogens with one attached hydrogen (secondary N) is 1. The zero-order valence-electron chi connectivity index (χ0n) is 11.5. The Bertz CT molecular complexity index is 648. The summed E-state index contributed by atoms with van der Waals surface area (Å²) in [5.74, 6) is 0.529. The molecule has 0 saturated heterocycles. The van der Waals surface area contributed by atoms with E-state index in [2.05, 4.69) is 26.3 Å². The summed E-state index contributed by atoms with van der Waals surface area (Å²) in [6.45, 7) is 1.73. The number of hydrogen-bond acceptors (Lipinski definition) is 5. The molecule has 0 amide bonds. The molecule has 20 heavy (non-hydrogen) atoms. The van der Waals surface area contributed by atoms with Gasteiger partial charge in [0.2, 0.25) is 0 Å². The van der Waals surface area contributed by atoms with Crippen LogP contribution in [0.15, 0.2) is 18.2 Å². The molecule has 0 radical (unpaired) electrons. The number of nitrogens with zero attached hydrogens (tertiary/aromatic N) is 4. The molecular weight excluding hydrogens is 274 g/mol. The minimum Gasteiger partial charge on any atom is -0.368 e. The lowest BCUT2D eigenvalue weighted by molar-refractivity contribution is 0.405. The first-order valence-corrected chi connectivity index (χ1v) is 6.74. The highest BCUT2D eigenvalue weighted by Crippen LogP contribution is 2.19. The molecule has 1 heterocycles. The van der Waals surface area contributed by atoms with Crippen molar-refractivity contribution in [2.75, 3.05) is 32.5 Å². The Kier molecular flexibility index (Phi) is 4.72. The van der Waals surface area contributed by atoms with Crippen molar-refractivity contribution in [2.24, 2.45) is 0 Å². The maximum atomic E-state index is 9.16. The molecular formula is C14H16ClN5. The molecule has 5 nitrogen and oxygen atoms in total. The summed E-state index contributed by atoms with van der Waals surface area (Å²) in [6, 6.07) is 7.34. The first-order valence-electron chi connectivity index (χ1n) is 6.36. The van der Waals surface area contributed by atoms with Gasteiger partial charge in [0.15, 0.2) is 11.5 Å². The summed E-state index contributed by atoms with van der Waals surface area (Å²) < 4.78 is 0. The third-order valence-corrected chi connectivity index (χ3v) is 3.04. The lowest BCUT2D eigenvalue weighted by Crippen LogP contribution is -2.17. The van der Waals surface area contributed by atoms with Crippen molar-refractivity contribution in [2.45, 2.75) is 6.42 Å². The van der Waals surface area contributed by atoms with E-state index in [1.165, 1.54) is 0 Å². The number of aromatic nitrogens is 2. The average molecular weight is 290 g/mol.